The smallest absolute Gasteiger partial charge is 0.191 e. The number of rotatable bonds is 8. The molecule has 1 fully saturated rings. The van der Waals surface area contributed by atoms with Crippen molar-refractivity contribution < 1.29 is 4.42 Å². The van der Waals surface area contributed by atoms with Gasteiger partial charge in [0.15, 0.2) is 5.96 Å². The zero-order valence-electron chi connectivity index (χ0n) is 15.1. The van der Waals surface area contributed by atoms with Gasteiger partial charge >= 0.3 is 0 Å². The summed E-state index contributed by atoms with van der Waals surface area (Å²) < 4.78 is 5.65. The van der Waals surface area contributed by atoms with E-state index in [1.54, 1.807) is 6.26 Å². The van der Waals surface area contributed by atoms with Crippen LogP contribution < -0.4 is 10.6 Å². The second-order valence-electron chi connectivity index (χ2n) is 6.31. The van der Waals surface area contributed by atoms with Gasteiger partial charge in [0.25, 0.3) is 0 Å². The van der Waals surface area contributed by atoms with Crippen molar-refractivity contribution in [2.75, 3.05) is 53.9 Å². The van der Waals surface area contributed by atoms with Crippen molar-refractivity contribution in [1.29, 1.82) is 0 Å². The lowest BCUT2D eigenvalue weighted by molar-refractivity contribution is 0.215. The minimum atomic E-state index is 0. The molecule has 0 saturated carbocycles. The van der Waals surface area contributed by atoms with E-state index in [1.165, 1.54) is 12.8 Å². The van der Waals surface area contributed by atoms with Crippen LogP contribution in [0.4, 0.5) is 0 Å². The van der Waals surface area contributed by atoms with E-state index in [0.717, 1.165) is 50.9 Å². The van der Waals surface area contributed by atoms with E-state index >= 15 is 0 Å². The second-order valence-corrected chi connectivity index (χ2v) is 6.31. The van der Waals surface area contributed by atoms with Crippen LogP contribution in [0.15, 0.2) is 27.8 Å². The molecule has 1 aliphatic heterocycles. The number of aliphatic imine (C=N–C) groups is 1. The highest BCUT2D eigenvalue weighted by Gasteiger charge is 2.25. The van der Waals surface area contributed by atoms with Crippen LogP contribution in [-0.4, -0.2) is 69.6 Å². The highest BCUT2D eigenvalue weighted by molar-refractivity contribution is 14.0. The molecule has 1 aromatic rings. The van der Waals surface area contributed by atoms with Gasteiger partial charge < -0.3 is 20.0 Å². The maximum Gasteiger partial charge on any atom is 0.191 e. The van der Waals surface area contributed by atoms with Crippen LogP contribution >= 0.6 is 24.0 Å². The van der Waals surface area contributed by atoms with Gasteiger partial charge in [-0.3, -0.25) is 9.89 Å². The Bertz CT molecular complexity index is 458. The Kier molecular flexibility index (Phi) is 10.4. The Morgan fingerprint density at radius 2 is 2.08 bits per heavy atom. The van der Waals surface area contributed by atoms with E-state index in [9.17, 15) is 0 Å². The number of guanidine groups is 1. The molecule has 0 aliphatic carbocycles. The first-order chi connectivity index (χ1) is 11.2. The summed E-state index contributed by atoms with van der Waals surface area (Å²) in [5.41, 5.74) is 0. The van der Waals surface area contributed by atoms with Crippen LogP contribution in [0.1, 0.15) is 31.1 Å². The molecule has 2 N–H and O–H groups in total. The predicted octanol–water partition coefficient (Wildman–Crippen LogP) is 2.15. The van der Waals surface area contributed by atoms with Gasteiger partial charge in [0.05, 0.1) is 12.3 Å². The van der Waals surface area contributed by atoms with Gasteiger partial charge in [-0.2, -0.15) is 0 Å². The molecule has 2 rings (SSSR count). The summed E-state index contributed by atoms with van der Waals surface area (Å²) in [7, 11) is 6.01. The van der Waals surface area contributed by atoms with E-state index in [-0.39, 0.29) is 30.0 Å². The third-order valence-electron chi connectivity index (χ3n) is 4.21. The van der Waals surface area contributed by atoms with Crippen LogP contribution in [-0.2, 0) is 0 Å². The highest BCUT2D eigenvalue weighted by Crippen LogP contribution is 2.24. The maximum absolute atomic E-state index is 5.65. The van der Waals surface area contributed by atoms with Crippen molar-refractivity contribution in [1.82, 2.24) is 20.4 Å². The average molecular weight is 449 g/mol. The van der Waals surface area contributed by atoms with E-state index in [0.29, 0.717) is 0 Å². The molecule has 1 aliphatic rings. The van der Waals surface area contributed by atoms with Gasteiger partial charge in [0.1, 0.15) is 5.76 Å². The molecule has 6 nitrogen and oxygen atoms in total. The number of hydrogen-bond donors (Lipinski definition) is 2. The summed E-state index contributed by atoms with van der Waals surface area (Å²) in [6, 6.07) is 4.30. The van der Waals surface area contributed by atoms with Crippen LogP contribution in [0, 0.1) is 0 Å². The van der Waals surface area contributed by atoms with Crippen molar-refractivity contribution in [3.8, 4) is 0 Å². The van der Waals surface area contributed by atoms with Gasteiger partial charge in [-0.05, 0) is 65.1 Å². The summed E-state index contributed by atoms with van der Waals surface area (Å²) in [4.78, 5) is 9.00. The summed E-state index contributed by atoms with van der Waals surface area (Å²) in [6.45, 7) is 5.09. The lowest BCUT2D eigenvalue weighted by atomic mass is 10.2. The van der Waals surface area contributed by atoms with Crippen molar-refractivity contribution in [3.63, 3.8) is 0 Å². The lowest BCUT2D eigenvalue weighted by Gasteiger charge is -2.26. The van der Waals surface area contributed by atoms with Crippen LogP contribution in [0.2, 0.25) is 0 Å². The zero-order valence-corrected chi connectivity index (χ0v) is 17.5. The Labute approximate surface area is 163 Å². The molecule has 0 radical (unpaired) electrons. The highest BCUT2D eigenvalue weighted by atomic mass is 127. The quantitative estimate of drug-likeness (QED) is 0.276. The van der Waals surface area contributed by atoms with Crippen LogP contribution in [0.5, 0.6) is 0 Å². The Balaban J connectivity index is 0.00000288. The van der Waals surface area contributed by atoms with Crippen molar-refractivity contribution in [3.05, 3.63) is 24.2 Å². The second kappa shape index (κ2) is 11.7. The Morgan fingerprint density at radius 1 is 1.33 bits per heavy atom. The maximum atomic E-state index is 5.65. The molecule has 0 bridgehead atoms. The standard InChI is InChI=1S/C17H31N5O.HI/c1-18-17(19-9-7-10-21(2)3)20-14-15(16-8-6-13-23-16)22-11-4-5-12-22;/h6,8,13,15H,4-5,7,9-12,14H2,1-3H3,(H2,18,19,20);1H. The molecule has 0 amide bonds. The van der Waals surface area contributed by atoms with Gasteiger partial charge in [0, 0.05) is 20.1 Å². The van der Waals surface area contributed by atoms with Crippen molar-refractivity contribution >= 4 is 29.9 Å². The number of furan rings is 1. The van der Waals surface area contributed by atoms with Crippen molar-refractivity contribution in [2.24, 2.45) is 4.99 Å². The molecule has 1 saturated heterocycles. The van der Waals surface area contributed by atoms with Crippen molar-refractivity contribution in [2.45, 2.75) is 25.3 Å². The monoisotopic (exact) mass is 449 g/mol. The van der Waals surface area contributed by atoms with Crippen LogP contribution in [0.3, 0.4) is 0 Å². The fourth-order valence-electron chi connectivity index (χ4n) is 2.96. The molecule has 138 valence electrons. The number of nitrogens with one attached hydrogen (secondary N) is 2. The minimum absolute atomic E-state index is 0. The SMILES string of the molecule is CN=C(NCCCN(C)C)NCC(c1ccco1)N1CCCC1.I. The summed E-state index contributed by atoms with van der Waals surface area (Å²) in [5, 5.41) is 6.83. The Hall–Kier alpha value is -0.800. The minimum Gasteiger partial charge on any atom is -0.468 e. The first-order valence-corrected chi connectivity index (χ1v) is 8.57. The topological polar surface area (TPSA) is 56.0 Å². The third-order valence-corrected chi connectivity index (χ3v) is 4.21. The molecule has 1 atom stereocenters. The van der Waals surface area contributed by atoms with Gasteiger partial charge in [-0.1, -0.05) is 0 Å². The third kappa shape index (κ3) is 6.98. The van der Waals surface area contributed by atoms with Crippen LogP contribution in [0.25, 0.3) is 0 Å². The van der Waals surface area contributed by atoms with E-state index in [1.807, 2.05) is 13.1 Å². The largest absolute Gasteiger partial charge is 0.468 e. The fourth-order valence-corrected chi connectivity index (χ4v) is 2.96. The molecule has 0 spiro atoms. The normalized spacial score (nSPS) is 16.9. The molecule has 24 heavy (non-hydrogen) atoms. The van der Waals surface area contributed by atoms with Gasteiger partial charge in [0.2, 0.25) is 0 Å². The van der Waals surface area contributed by atoms with E-state index in [2.05, 4.69) is 45.6 Å². The molecule has 7 heteroatoms. The number of nitrogens with zero attached hydrogens (tertiary/aromatic N) is 3. The molecule has 2 heterocycles. The molecule has 0 aromatic carbocycles. The summed E-state index contributed by atoms with van der Waals surface area (Å²) in [5.74, 6) is 1.89. The lowest BCUT2D eigenvalue weighted by Crippen LogP contribution is -2.43. The Morgan fingerprint density at radius 3 is 2.67 bits per heavy atom. The number of likely N-dealkylation sites (tertiary alicyclic amines) is 1. The predicted molar refractivity (Wildman–Crippen MR) is 110 cm³/mol. The van der Waals surface area contributed by atoms with E-state index < -0.39 is 0 Å². The molecular weight excluding hydrogens is 417 g/mol. The fraction of sp³-hybridized carbons (Fsp3) is 0.706. The molecule has 1 aromatic heterocycles. The first kappa shape index (κ1) is 21.2. The van der Waals surface area contributed by atoms with E-state index in [4.69, 9.17) is 4.42 Å². The van der Waals surface area contributed by atoms with Gasteiger partial charge in [-0.25, -0.2) is 0 Å². The summed E-state index contributed by atoms with van der Waals surface area (Å²) >= 11 is 0. The number of halogens is 1. The summed E-state index contributed by atoms with van der Waals surface area (Å²) in [6.07, 6.45) is 5.40. The van der Waals surface area contributed by atoms with Gasteiger partial charge in [-0.15, -0.1) is 24.0 Å². The number of hydrogen-bond acceptors (Lipinski definition) is 4. The zero-order chi connectivity index (χ0) is 16.5. The molecule has 1 unspecified atom stereocenters. The molecular formula is C17H32IN5O. The average Bonchev–Trinajstić information content (AvgIpc) is 3.23. The first-order valence-electron chi connectivity index (χ1n) is 8.57.